The molecule has 0 radical (unpaired) electrons. The Kier molecular flexibility index (Phi) is 5.88. The van der Waals surface area contributed by atoms with Gasteiger partial charge in [0.05, 0.1) is 24.0 Å². The van der Waals surface area contributed by atoms with Crippen molar-refractivity contribution in [2.24, 2.45) is 5.92 Å². The lowest BCUT2D eigenvalue weighted by Crippen LogP contribution is -2.50. The third kappa shape index (κ3) is 4.79. The van der Waals surface area contributed by atoms with Gasteiger partial charge < -0.3 is 15.3 Å². The zero-order valence-corrected chi connectivity index (χ0v) is 20.9. The van der Waals surface area contributed by atoms with E-state index in [9.17, 15) is 19.5 Å². The average molecular weight is 519 g/mol. The summed E-state index contributed by atoms with van der Waals surface area (Å²) >= 11 is 1.38. The van der Waals surface area contributed by atoms with E-state index < -0.39 is 5.60 Å². The largest absolute Gasteiger partial charge is 0.388 e. The van der Waals surface area contributed by atoms with E-state index in [2.05, 4.69) is 15.4 Å². The molecule has 190 valence electrons. The Morgan fingerprint density at radius 2 is 1.92 bits per heavy atom. The Bertz CT molecular complexity index is 1530. The minimum absolute atomic E-state index is 0.0920. The second kappa shape index (κ2) is 9.24. The smallest absolute Gasteiger partial charge is 0.277 e. The fraction of sp³-hybridized carbons (Fsp3) is 0.346. The Hall–Kier alpha value is -3.83. The van der Waals surface area contributed by atoms with Crippen LogP contribution in [0.1, 0.15) is 36.2 Å². The molecule has 1 saturated heterocycles. The van der Waals surface area contributed by atoms with Gasteiger partial charge in [-0.05, 0) is 31.7 Å². The van der Waals surface area contributed by atoms with Crippen LogP contribution < -0.4 is 10.9 Å². The number of hydrogen-bond donors (Lipinski definition) is 2. The highest BCUT2D eigenvalue weighted by atomic mass is 32.1. The number of fused-ring (bicyclic) bond motifs is 1. The Labute approximate surface area is 216 Å². The van der Waals surface area contributed by atoms with Crippen molar-refractivity contribution >= 4 is 34.4 Å². The van der Waals surface area contributed by atoms with Crippen molar-refractivity contribution in [2.45, 2.75) is 37.8 Å². The molecule has 2 aliphatic rings. The number of carbonyl (C=O) groups excluding carboxylic acids is 2. The minimum Gasteiger partial charge on any atom is -0.388 e. The normalized spacial score (nSPS) is 17.2. The number of thiazole rings is 1. The molecule has 6 rings (SSSR count). The fourth-order valence-corrected chi connectivity index (χ4v) is 5.51. The number of nitrogens with one attached hydrogen (secondary N) is 1. The van der Waals surface area contributed by atoms with Crippen molar-refractivity contribution in [3.8, 4) is 10.6 Å². The first-order chi connectivity index (χ1) is 17.9. The molecule has 1 saturated carbocycles. The number of rotatable bonds is 6. The van der Waals surface area contributed by atoms with Crippen LogP contribution in [0.3, 0.4) is 0 Å². The first-order valence-corrected chi connectivity index (χ1v) is 13.2. The number of hydrogen-bond acceptors (Lipinski definition) is 7. The summed E-state index contributed by atoms with van der Waals surface area (Å²) in [4.78, 5) is 44.5. The van der Waals surface area contributed by atoms with Crippen LogP contribution in [0.4, 0.5) is 5.69 Å². The van der Waals surface area contributed by atoms with E-state index in [1.165, 1.54) is 26.7 Å². The van der Waals surface area contributed by atoms with Crippen molar-refractivity contribution in [2.75, 3.05) is 18.4 Å². The summed E-state index contributed by atoms with van der Waals surface area (Å²) in [7, 11) is 0. The fourth-order valence-electron chi connectivity index (χ4n) is 4.70. The predicted molar refractivity (Wildman–Crippen MR) is 138 cm³/mol. The van der Waals surface area contributed by atoms with Gasteiger partial charge >= 0.3 is 0 Å². The molecule has 11 heteroatoms. The van der Waals surface area contributed by atoms with Gasteiger partial charge in [-0.25, -0.2) is 9.50 Å². The molecular weight excluding hydrogens is 492 g/mol. The van der Waals surface area contributed by atoms with Gasteiger partial charge in [0.25, 0.3) is 11.5 Å². The van der Waals surface area contributed by atoms with Gasteiger partial charge in [-0.2, -0.15) is 5.10 Å². The lowest BCUT2D eigenvalue weighted by atomic mass is 9.91. The molecule has 2 N–H and O–H groups in total. The van der Waals surface area contributed by atoms with Crippen LogP contribution in [0, 0.1) is 5.92 Å². The molecule has 1 aliphatic heterocycles. The summed E-state index contributed by atoms with van der Waals surface area (Å²) in [6.07, 6.45) is 5.69. The van der Waals surface area contributed by atoms with Crippen molar-refractivity contribution in [3.05, 3.63) is 70.4 Å². The zero-order chi connectivity index (χ0) is 25.6. The van der Waals surface area contributed by atoms with Crippen LogP contribution in [-0.2, 0) is 11.3 Å². The first-order valence-electron chi connectivity index (χ1n) is 12.3. The molecule has 0 bridgehead atoms. The molecule has 3 aromatic heterocycles. The van der Waals surface area contributed by atoms with E-state index in [0.717, 1.165) is 23.4 Å². The van der Waals surface area contributed by atoms with Crippen molar-refractivity contribution in [1.82, 2.24) is 24.1 Å². The minimum atomic E-state index is -1.09. The molecule has 0 spiro atoms. The Morgan fingerprint density at radius 1 is 1.16 bits per heavy atom. The lowest BCUT2D eigenvalue weighted by molar-refractivity contribution is -0.137. The Balaban J connectivity index is 1.14. The molecule has 1 aliphatic carbocycles. The summed E-state index contributed by atoms with van der Waals surface area (Å²) in [5.41, 5.74) is 0.527. The number of aromatic nitrogens is 4. The Morgan fingerprint density at radius 3 is 2.65 bits per heavy atom. The molecule has 2 fully saturated rings. The molecule has 10 nitrogen and oxygen atoms in total. The van der Waals surface area contributed by atoms with Crippen LogP contribution in [0.25, 0.3) is 16.1 Å². The zero-order valence-electron chi connectivity index (χ0n) is 20.0. The number of carbonyl (C=O) groups is 2. The molecule has 0 atom stereocenters. The highest BCUT2D eigenvalue weighted by Crippen LogP contribution is 2.33. The van der Waals surface area contributed by atoms with Crippen molar-refractivity contribution in [3.63, 3.8) is 0 Å². The van der Waals surface area contributed by atoms with Crippen LogP contribution in [0.5, 0.6) is 0 Å². The number of likely N-dealkylation sites (tertiary alicyclic amines) is 1. The number of aliphatic hydroxyl groups is 1. The second-order valence-electron chi connectivity index (χ2n) is 9.80. The van der Waals surface area contributed by atoms with Gasteiger partial charge in [0.2, 0.25) is 5.91 Å². The highest BCUT2D eigenvalue weighted by Gasteiger charge is 2.39. The topological polar surface area (TPSA) is 122 Å². The van der Waals surface area contributed by atoms with Gasteiger partial charge in [-0.1, -0.05) is 30.3 Å². The summed E-state index contributed by atoms with van der Waals surface area (Å²) in [6, 6.07) is 11.2. The highest BCUT2D eigenvalue weighted by molar-refractivity contribution is 7.13. The molecule has 4 aromatic rings. The van der Waals surface area contributed by atoms with Gasteiger partial charge in [0.15, 0.2) is 0 Å². The molecule has 1 aromatic carbocycles. The monoisotopic (exact) mass is 518 g/mol. The first kappa shape index (κ1) is 23.6. The SMILES string of the molecule is O=C(Nc1cc2c(=O)n(CC3(O)CCN(C(=O)C4CC4)CC3)cnn2c1)c1csc(-c2ccccc2)n1. The van der Waals surface area contributed by atoms with Crippen molar-refractivity contribution in [1.29, 1.82) is 0 Å². The summed E-state index contributed by atoms with van der Waals surface area (Å²) in [5.74, 6) is -0.0404. The maximum Gasteiger partial charge on any atom is 0.277 e. The molecule has 4 heterocycles. The van der Waals surface area contributed by atoms with E-state index in [-0.39, 0.29) is 35.4 Å². The van der Waals surface area contributed by atoms with E-state index in [1.807, 2.05) is 35.2 Å². The van der Waals surface area contributed by atoms with Gasteiger partial charge in [0, 0.05) is 30.0 Å². The van der Waals surface area contributed by atoms with Crippen LogP contribution in [0.2, 0.25) is 0 Å². The van der Waals surface area contributed by atoms with Gasteiger partial charge in [0.1, 0.15) is 22.5 Å². The van der Waals surface area contributed by atoms with E-state index in [4.69, 9.17) is 0 Å². The summed E-state index contributed by atoms with van der Waals surface area (Å²) in [6.45, 7) is 1.06. The van der Waals surface area contributed by atoms with Gasteiger partial charge in [-0.3, -0.25) is 19.0 Å². The third-order valence-electron chi connectivity index (χ3n) is 7.01. The lowest BCUT2D eigenvalue weighted by Gasteiger charge is -2.38. The quantitative estimate of drug-likeness (QED) is 0.405. The second-order valence-corrected chi connectivity index (χ2v) is 10.7. The number of piperidine rings is 1. The number of amides is 2. The van der Waals surface area contributed by atoms with Crippen LogP contribution in [0.15, 0.2) is 59.1 Å². The molecular formula is C26H26N6O4S. The maximum absolute atomic E-state index is 13.1. The average Bonchev–Trinajstić information content (AvgIpc) is 3.48. The number of benzene rings is 1. The number of anilines is 1. The molecule has 37 heavy (non-hydrogen) atoms. The van der Waals surface area contributed by atoms with Gasteiger partial charge in [-0.15, -0.1) is 11.3 Å². The number of nitrogens with zero attached hydrogens (tertiary/aromatic N) is 5. The van der Waals surface area contributed by atoms with Crippen LogP contribution in [-0.4, -0.2) is 59.7 Å². The standard InChI is InChI=1S/C26H26N6O4S/c33-22(20-14-37-23(29-20)17-4-2-1-3-5-17)28-19-12-21-25(35)31(16-27-32(21)13-19)15-26(36)8-10-30(11-9-26)24(34)18-6-7-18/h1-5,12-14,16,18,36H,6-11,15H2,(H,28,33). The van der Waals surface area contributed by atoms with Crippen LogP contribution >= 0.6 is 11.3 Å². The van der Waals surface area contributed by atoms with E-state index >= 15 is 0 Å². The van der Waals surface area contributed by atoms with E-state index in [0.29, 0.717) is 37.3 Å². The summed E-state index contributed by atoms with van der Waals surface area (Å²) in [5, 5.41) is 20.6. The molecule has 2 amide bonds. The summed E-state index contributed by atoms with van der Waals surface area (Å²) < 4.78 is 2.80. The third-order valence-corrected chi connectivity index (χ3v) is 7.90. The van der Waals surface area contributed by atoms with E-state index in [1.54, 1.807) is 17.6 Å². The predicted octanol–water partition coefficient (Wildman–Crippen LogP) is 2.64. The molecule has 0 unspecified atom stereocenters. The van der Waals surface area contributed by atoms with Crippen molar-refractivity contribution < 1.29 is 14.7 Å². The maximum atomic E-state index is 13.1.